The number of rotatable bonds is 4. The molecule has 1 N–H and O–H groups in total. The maximum absolute atomic E-state index is 11.3. The molecule has 0 saturated heterocycles. The second-order valence-electron chi connectivity index (χ2n) is 3.84. The highest BCUT2D eigenvalue weighted by Gasteiger charge is 2.18. The normalized spacial score (nSPS) is 9.90. The lowest BCUT2D eigenvalue weighted by atomic mass is 10.3. The monoisotopic (exact) mass is 275 g/mol. The fourth-order valence-corrected chi connectivity index (χ4v) is 1.51. The van der Waals surface area contributed by atoms with Crippen LogP contribution in [0.4, 0.5) is 10.5 Å². The van der Waals surface area contributed by atoms with E-state index in [4.69, 9.17) is 9.57 Å². The first-order chi connectivity index (χ1) is 9.60. The number of hydroxylamine groups is 1. The van der Waals surface area contributed by atoms with Gasteiger partial charge in [0.25, 0.3) is 0 Å². The van der Waals surface area contributed by atoms with Gasteiger partial charge in [-0.15, -0.1) is 5.06 Å². The third kappa shape index (κ3) is 3.14. The Morgan fingerprint density at radius 2 is 1.95 bits per heavy atom. The molecule has 1 aromatic heterocycles. The molecule has 20 heavy (non-hydrogen) atoms. The van der Waals surface area contributed by atoms with Crippen LogP contribution < -0.4 is 14.6 Å². The van der Waals surface area contributed by atoms with Gasteiger partial charge in [-0.2, -0.15) is 9.97 Å². The topological polar surface area (TPSA) is 84.8 Å². The van der Waals surface area contributed by atoms with Crippen molar-refractivity contribution in [2.75, 3.05) is 12.2 Å². The van der Waals surface area contributed by atoms with Crippen LogP contribution in [0.15, 0.2) is 36.4 Å². The number of aromatic nitrogens is 2. The number of methoxy groups -OCH3 is 1. The molecule has 0 bridgehead atoms. The average molecular weight is 275 g/mol. The lowest BCUT2D eigenvalue weighted by Gasteiger charge is -2.17. The number of carbonyl (C=O) groups is 1. The Labute approximate surface area is 115 Å². The molecule has 0 saturated carbocycles. The van der Waals surface area contributed by atoms with Gasteiger partial charge in [0.2, 0.25) is 5.88 Å². The van der Waals surface area contributed by atoms with E-state index in [0.717, 1.165) is 0 Å². The van der Waals surface area contributed by atoms with Gasteiger partial charge in [0.1, 0.15) is 0 Å². The van der Waals surface area contributed by atoms with Crippen LogP contribution in [0.2, 0.25) is 0 Å². The van der Waals surface area contributed by atoms with Crippen LogP contribution in [0.5, 0.6) is 11.9 Å². The second kappa shape index (κ2) is 5.87. The molecule has 2 aromatic rings. The van der Waals surface area contributed by atoms with Gasteiger partial charge in [-0.3, -0.25) is 0 Å². The minimum Gasteiger partial charge on any atom is -0.481 e. The number of ether oxygens (including phenoxy) is 1. The number of hydrogen-bond acceptors (Lipinski definition) is 5. The van der Waals surface area contributed by atoms with Crippen LogP contribution in [0.25, 0.3) is 0 Å². The van der Waals surface area contributed by atoms with Crippen LogP contribution in [-0.4, -0.2) is 28.3 Å². The van der Waals surface area contributed by atoms with Gasteiger partial charge in [-0.25, -0.2) is 4.79 Å². The molecule has 1 aromatic carbocycles. The largest absolute Gasteiger partial charge is 0.481 e. The maximum atomic E-state index is 11.3. The van der Waals surface area contributed by atoms with Crippen molar-refractivity contribution in [3.8, 4) is 11.9 Å². The van der Waals surface area contributed by atoms with E-state index >= 15 is 0 Å². The number of para-hydroxylation sites is 1. The smallest absolute Gasteiger partial charge is 0.445 e. The zero-order chi connectivity index (χ0) is 14.5. The Hall–Kier alpha value is -2.83. The summed E-state index contributed by atoms with van der Waals surface area (Å²) in [5.41, 5.74) is 0.953. The summed E-state index contributed by atoms with van der Waals surface area (Å²) >= 11 is 0. The minimum atomic E-state index is -1.28. The molecule has 0 spiro atoms. The van der Waals surface area contributed by atoms with Crippen molar-refractivity contribution in [2.24, 2.45) is 0 Å². The molecule has 0 aliphatic heterocycles. The van der Waals surface area contributed by atoms with Gasteiger partial charge in [-0.1, -0.05) is 18.2 Å². The highest BCUT2D eigenvalue weighted by Crippen LogP contribution is 2.18. The van der Waals surface area contributed by atoms with Crippen molar-refractivity contribution in [1.82, 2.24) is 9.97 Å². The molecule has 0 radical (unpaired) electrons. The van der Waals surface area contributed by atoms with E-state index in [2.05, 4.69) is 9.97 Å². The second-order valence-corrected chi connectivity index (χ2v) is 3.84. The standard InChI is InChI=1S/C13H13N3O4/c1-9-8-11(19-2)15-12(14-9)20-16(13(17)18)10-6-4-3-5-7-10/h3-8H,1-2H3,(H,17,18). The highest BCUT2D eigenvalue weighted by atomic mass is 16.7. The van der Waals surface area contributed by atoms with Crippen LogP contribution in [0.3, 0.4) is 0 Å². The summed E-state index contributed by atoms with van der Waals surface area (Å²) in [6.45, 7) is 1.73. The molecule has 0 aliphatic rings. The van der Waals surface area contributed by atoms with Crippen molar-refractivity contribution in [3.05, 3.63) is 42.1 Å². The van der Waals surface area contributed by atoms with Crippen LogP contribution in [-0.2, 0) is 0 Å². The van der Waals surface area contributed by atoms with E-state index < -0.39 is 6.09 Å². The summed E-state index contributed by atoms with van der Waals surface area (Å²) in [5, 5.41) is 9.89. The first-order valence-corrected chi connectivity index (χ1v) is 5.76. The van der Waals surface area contributed by atoms with Gasteiger partial charge in [-0.05, 0) is 19.1 Å². The summed E-state index contributed by atoms with van der Waals surface area (Å²) in [6.07, 6.45) is -1.28. The van der Waals surface area contributed by atoms with Crippen molar-refractivity contribution in [3.63, 3.8) is 0 Å². The minimum absolute atomic E-state index is 0.104. The fourth-order valence-electron chi connectivity index (χ4n) is 1.51. The Morgan fingerprint density at radius 3 is 2.55 bits per heavy atom. The number of aryl methyl sites for hydroxylation is 1. The number of amides is 1. The van der Waals surface area contributed by atoms with E-state index in [1.807, 2.05) is 0 Å². The van der Waals surface area contributed by atoms with Crippen LogP contribution >= 0.6 is 0 Å². The van der Waals surface area contributed by atoms with Crippen molar-refractivity contribution < 1.29 is 19.5 Å². The lowest BCUT2D eigenvalue weighted by molar-refractivity contribution is 0.163. The van der Waals surface area contributed by atoms with Gasteiger partial charge >= 0.3 is 12.1 Å². The molecule has 0 atom stereocenters. The van der Waals surface area contributed by atoms with E-state index in [1.165, 1.54) is 7.11 Å². The summed E-state index contributed by atoms with van der Waals surface area (Å²) in [7, 11) is 1.46. The molecule has 1 amide bonds. The first-order valence-electron chi connectivity index (χ1n) is 5.76. The summed E-state index contributed by atoms with van der Waals surface area (Å²) < 4.78 is 4.99. The Morgan fingerprint density at radius 1 is 1.25 bits per heavy atom. The van der Waals surface area contributed by atoms with Crippen LogP contribution in [0.1, 0.15) is 5.69 Å². The number of hydrogen-bond donors (Lipinski definition) is 1. The van der Waals surface area contributed by atoms with Crippen molar-refractivity contribution >= 4 is 11.8 Å². The zero-order valence-corrected chi connectivity index (χ0v) is 11.0. The summed E-state index contributed by atoms with van der Waals surface area (Å²) in [5.74, 6) is 0.297. The Balaban J connectivity index is 2.29. The third-order valence-corrected chi connectivity index (χ3v) is 2.36. The molecule has 0 fully saturated rings. The van der Waals surface area contributed by atoms with Gasteiger partial charge in [0.15, 0.2) is 0 Å². The highest BCUT2D eigenvalue weighted by molar-refractivity contribution is 5.83. The molecule has 1 heterocycles. The predicted molar refractivity (Wildman–Crippen MR) is 70.9 cm³/mol. The van der Waals surface area contributed by atoms with E-state index in [1.54, 1.807) is 43.3 Å². The van der Waals surface area contributed by atoms with E-state index in [0.29, 0.717) is 22.3 Å². The van der Waals surface area contributed by atoms with E-state index in [-0.39, 0.29) is 6.01 Å². The molecule has 0 aliphatic carbocycles. The SMILES string of the molecule is COc1cc(C)nc(ON(C(=O)O)c2ccccc2)n1. The molecule has 7 heteroatoms. The zero-order valence-electron chi connectivity index (χ0n) is 11.0. The van der Waals surface area contributed by atoms with Crippen molar-refractivity contribution in [1.29, 1.82) is 0 Å². The summed E-state index contributed by atoms with van der Waals surface area (Å²) in [6, 6.07) is 9.88. The third-order valence-electron chi connectivity index (χ3n) is 2.36. The van der Waals surface area contributed by atoms with Gasteiger partial charge in [0.05, 0.1) is 12.8 Å². The van der Waals surface area contributed by atoms with Crippen molar-refractivity contribution in [2.45, 2.75) is 6.92 Å². The molecule has 0 unspecified atom stereocenters. The summed E-state index contributed by atoms with van der Waals surface area (Å²) in [4.78, 5) is 24.4. The number of carboxylic acid groups (broad SMARTS) is 1. The molecular formula is C13H13N3O4. The maximum Gasteiger partial charge on any atom is 0.445 e. The quantitative estimate of drug-likeness (QED) is 0.861. The van der Waals surface area contributed by atoms with Gasteiger partial charge in [0, 0.05) is 11.8 Å². The van der Waals surface area contributed by atoms with E-state index in [9.17, 15) is 9.90 Å². The molecule has 104 valence electrons. The fraction of sp³-hybridized carbons (Fsp3) is 0.154. The average Bonchev–Trinajstić information content (AvgIpc) is 2.44. The predicted octanol–water partition coefficient (Wildman–Crippen LogP) is 2.27. The van der Waals surface area contributed by atoms with Crippen LogP contribution in [0, 0.1) is 6.92 Å². The van der Waals surface area contributed by atoms with Gasteiger partial charge < -0.3 is 14.7 Å². The number of anilines is 1. The number of nitrogens with zero attached hydrogens (tertiary/aromatic N) is 3. The molecule has 2 rings (SSSR count). The molecular weight excluding hydrogens is 262 g/mol. The molecule has 7 nitrogen and oxygen atoms in total. The lowest BCUT2D eigenvalue weighted by Crippen LogP contribution is -2.33. The Kier molecular flexibility index (Phi) is 3.99. The first kappa shape index (κ1) is 13.6. The Bertz CT molecular complexity index is 604. The number of benzene rings is 1.